The van der Waals surface area contributed by atoms with E-state index in [0.29, 0.717) is 17.0 Å². The van der Waals surface area contributed by atoms with Crippen LogP contribution in [0.4, 0.5) is 5.69 Å². The van der Waals surface area contributed by atoms with E-state index in [1.54, 1.807) is 36.5 Å². The SMILES string of the molecule is O=C(Nc1ccc(OCCO)cc1)c1ccnc2ccccc12. The fourth-order valence-electron chi connectivity index (χ4n) is 2.29. The molecule has 0 bridgehead atoms. The molecular weight excluding hydrogens is 292 g/mol. The largest absolute Gasteiger partial charge is 0.491 e. The van der Waals surface area contributed by atoms with Gasteiger partial charge in [0.2, 0.25) is 0 Å². The summed E-state index contributed by atoms with van der Waals surface area (Å²) in [7, 11) is 0. The molecular formula is C18H16N2O3. The third-order valence-electron chi connectivity index (χ3n) is 3.37. The first kappa shape index (κ1) is 15.0. The van der Waals surface area contributed by atoms with Crippen molar-refractivity contribution in [1.82, 2.24) is 4.98 Å². The number of aromatic nitrogens is 1. The summed E-state index contributed by atoms with van der Waals surface area (Å²) >= 11 is 0. The molecule has 0 saturated heterocycles. The maximum atomic E-state index is 12.5. The predicted molar refractivity (Wildman–Crippen MR) is 88.7 cm³/mol. The molecule has 3 rings (SSSR count). The number of fused-ring (bicyclic) bond motifs is 1. The van der Waals surface area contributed by atoms with Gasteiger partial charge in [-0.3, -0.25) is 9.78 Å². The minimum absolute atomic E-state index is 0.0341. The van der Waals surface area contributed by atoms with E-state index in [-0.39, 0.29) is 19.1 Å². The van der Waals surface area contributed by atoms with E-state index in [0.717, 1.165) is 10.9 Å². The molecule has 0 aliphatic rings. The Hall–Kier alpha value is -2.92. The molecule has 2 N–H and O–H groups in total. The van der Waals surface area contributed by atoms with Crippen molar-refractivity contribution in [1.29, 1.82) is 0 Å². The number of anilines is 1. The van der Waals surface area contributed by atoms with Crippen LogP contribution in [0.15, 0.2) is 60.8 Å². The number of aliphatic hydroxyl groups is 1. The van der Waals surface area contributed by atoms with Gasteiger partial charge in [0.05, 0.1) is 17.7 Å². The number of nitrogens with zero attached hydrogens (tertiary/aromatic N) is 1. The van der Waals surface area contributed by atoms with E-state index in [4.69, 9.17) is 9.84 Å². The molecule has 0 fully saturated rings. The second kappa shape index (κ2) is 6.89. The van der Waals surface area contributed by atoms with Crippen molar-refractivity contribution >= 4 is 22.5 Å². The Morgan fingerprint density at radius 2 is 1.87 bits per heavy atom. The van der Waals surface area contributed by atoms with Crippen LogP contribution in [-0.4, -0.2) is 29.2 Å². The molecule has 0 spiro atoms. The fraction of sp³-hybridized carbons (Fsp3) is 0.111. The summed E-state index contributed by atoms with van der Waals surface area (Å²) in [5.74, 6) is 0.457. The van der Waals surface area contributed by atoms with E-state index >= 15 is 0 Å². The first-order valence-corrected chi connectivity index (χ1v) is 7.27. The molecule has 1 aromatic heterocycles. The number of hydrogen-bond acceptors (Lipinski definition) is 4. The lowest BCUT2D eigenvalue weighted by Gasteiger charge is -2.09. The zero-order chi connectivity index (χ0) is 16.1. The summed E-state index contributed by atoms with van der Waals surface area (Å²) in [5, 5.41) is 12.4. The van der Waals surface area contributed by atoms with Gasteiger partial charge in [-0.15, -0.1) is 0 Å². The van der Waals surface area contributed by atoms with Gasteiger partial charge >= 0.3 is 0 Å². The Morgan fingerprint density at radius 1 is 1.09 bits per heavy atom. The molecule has 5 nitrogen and oxygen atoms in total. The normalized spacial score (nSPS) is 10.5. The van der Waals surface area contributed by atoms with Crippen LogP contribution < -0.4 is 10.1 Å². The van der Waals surface area contributed by atoms with Crippen LogP contribution in [0.2, 0.25) is 0 Å². The molecule has 0 unspecified atom stereocenters. The summed E-state index contributed by atoms with van der Waals surface area (Å²) in [5.41, 5.74) is 2.04. The van der Waals surface area contributed by atoms with Crippen LogP contribution in [0.3, 0.4) is 0 Å². The number of rotatable bonds is 5. The van der Waals surface area contributed by atoms with Gasteiger partial charge in [0, 0.05) is 17.3 Å². The van der Waals surface area contributed by atoms with Crippen molar-refractivity contribution in [3.8, 4) is 5.75 Å². The average Bonchev–Trinajstić information content (AvgIpc) is 2.60. The lowest BCUT2D eigenvalue weighted by atomic mass is 10.1. The Kier molecular flexibility index (Phi) is 4.49. The molecule has 0 aliphatic heterocycles. The number of benzene rings is 2. The van der Waals surface area contributed by atoms with Crippen molar-refractivity contribution in [2.24, 2.45) is 0 Å². The third-order valence-corrected chi connectivity index (χ3v) is 3.37. The maximum absolute atomic E-state index is 12.5. The molecule has 5 heteroatoms. The van der Waals surface area contributed by atoms with Gasteiger partial charge in [0.1, 0.15) is 12.4 Å². The smallest absolute Gasteiger partial charge is 0.256 e. The van der Waals surface area contributed by atoms with Crippen molar-refractivity contribution in [3.63, 3.8) is 0 Å². The molecule has 1 heterocycles. The number of aliphatic hydroxyl groups excluding tert-OH is 1. The van der Waals surface area contributed by atoms with Crippen LogP contribution in [0.5, 0.6) is 5.75 Å². The molecule has 116 valence electrons. The molecule has 0 saturated carbocycles. The summed E-state index contributed by atoms with van der Waals surface area (Å²) < 4.78 is 5.29. The number of hydrogen-bond donors (Lipinski definition) is 2. The number of carbonyl (C=O) groups excluding carboxylic acids is 1. The summed E-state index contributed by atoms with van der Waals surface area (Å²) in [6.07, 6.45) is 1.63. The number of carbonyl (C=O) groups is 1. The molecule has 0 atom stereocenters. The van der Waals surface area contributed by atoms with E-state index in [1.807, 2.05) is 24.3 Å². The highest BCUT2D eigenvalue weighted by Gasteiger charge is 2.10. The highest BCUT2D eigenvalue weighted by atomic mass is 16.5. The zero-order valence-electron chi connectivity index (χ0n) is 12.4. The van der Waals surface area contributed by atoms with Crippen LogP contribution in [0, 0.1) is 0 Å². The van der Waals surface area contributed by atoms with Gasteiger partial charge < -0.3 is 15.2 Å². The number of pyridine rings is 1. The summed E-state index contributed by atoms with van der Waals surface area (Å²) in [6, 6.07) is 16.2. The average molecular weight is 308 g/mol. The summed E-state index contributed by atoms with van der Waals surface area (Å²) in [6.45, 7) is 0.211. The molecule has 3 aromatic rings. The van der Waals surface area contributed by atoms with Crippen molar-refractivity contribution in [2.45, 2.75) is 0 Å². The number of para-hydroxylation sites is 1. The van der Waals surface area contributed by atoms with E-state index < -0.39 is 0 Å². The third kappa shape index (κ3) is 3.46. The van der Waals surface area contributed by atoms with Gasteiger partial charge in [-0.2, -0.15) is 0 Å². The van der Waals surface area contributed by atoms with Gasteiger partial charge in [0.25, 0.3) is 5.91 Å². The van der Waals surface area contributed by atoms with Crippen LogP contribution in [0.25, 0.3) is 10.9 Å². The molecule has 23 heavy (non-hydrogen) atoms. The number of amides is 1. The topological polar surface area (TPSA) is 71.5 Å². The Morgan fingerprint density at radius 3 is 2.65 bits per heavy atom. The lowest BCUT2D eigenvalue weighted by Crippen LogP contribution is -2.12. The number of ether oxygens (including phenoxy) is 1. The maximum Gasteiger partial charge on any atom is 0.256 e. The highest BCUT2D eigenvalue weighted by Crippen LogP contribution is 2.19. The van der Waals surface area contributed by atoms with Gasteiger partial charge in [0.15, 0.2) is 0 Å². The van der Waals surface area contributed by atoms with Crippen LogP contribution in [0.1, 0.15) is 10.4 Å². The zero-order valence-corrected chi connectivity index (χ0v) is 12.4. The van der Waals surface area contributed by atoms with Crippen LogP contribution >= 0.6 is 0 Å². The van der Waals surface area contributed by atoms with E-state index in [2.05, 4.69) is 10.3 Å². The predicted octanol–water partition coefficient (Wildman–Crippen LogP) is 2.86. The Labute approximate surface area is 133 Å². The minimum atomic E-state index is -0.187. The first-order valence-electron chi connectivity index (χ1n) is 7.27. The second-order valence-corrected chi connectivity index (χ2v) is 4.93. The monoisotopic (exact) mass is 308 g/mol. The van der Waals surface area contributed by atoms with Gasteiger partial charge in [-0.05, 0) is 36.4 Å². The van der Waals surface area contributed by atoms with E-state index in [9.17, 15) is 4.79 Å². The fourth-order valence-corrected chi connectivity index (χ4v) is 2.29. The highest BCUT2D eigenvalue weighted by molar-refractivity contribution is 6.12. The standard InChI is InChI=1S/C18H16N2O3/c21-11-12-23-14-7-5-13(6-8-14)20-18(22)16-9-10-19-17-4-2-1-3-15(16)17/h1-10,21H,11-12H2,(H,20,22). The van der Waals surface area contributed by atoms with E-state index in [1.165, 1.54) is 0 Å². The number of nitrogens with one attached hydrogen (secondary N) is 1. The quantitative estimate of drug-likeness (QED) is 0.760. The lowest BCUT2D eigenvalue weighted by molar-refractivity contribution is 0.102. The second-order valence-electron chi connectivity index (χ2n) is 4.93. The molecule has 0 aliphatic carbocycles. The van der Waals surface area contributed by atoms with Crippen molar-refractivity contribution < 1.29 is 14.6 Å². The van der Waals surface area contributed by atoms with Gasteiger partial charge in [-0.25, -0.2) is 0 Å². The van der Waals surface area contributed by atoms with Crippen molar-refractivity contribution in [2.75, 3.05) is 18.5 Å². The first-order chi connectivity index (χ1) is 11.3. The molecule has 2 aromatic carbocycles. The summed E-state index contributed by atoms with van der Waals surface area (Å²) in [4.78, 5) is 16.7. The minimum Gasteiger partial charge on any atom is -0.491 e. The molecule has 0 radical (unpaired) electrons. The van der Waals surface area contributed by atoms with Crippen LogP contribution in [-0.2, 0) is 0 Å². The Balaban J connectivity index is 1.78. The van der Waals surface area contributed by atoms with Gasteiger partial charge in [-0.1, -0.05) is 18.2 Å². The molecule has 1 amide bonds. The van der Waals surface area contributed by atoms with Crippen molar-refractivity contribution in [3.05, 3.63) is 66.4 Å². The Bertz CT molecular complexity index is 811.